The van der Waals surface area contributed by atoms with Crippen molar-refractivity contribution in [2.75, 3.05) is 24.6 Å². The standard InChI is InChI=1S/C11H17N3OS/c1-2-5-14(6-7-15)9-3-4-10(11(12)16)13-8-9/h3-4,8,15H,2,5-7H2,1H3,(H2,12,16). The molecule has 0 saturated heterocycles. The zero-order valence-electron chi connectivity index (χ0n) is 9.39. The Morgan fingerprint density at radius 1 is 1.50 bits per heavy atom. The lowest BCUT2D eigenvalue weighted by atomic mass is 10.3. The Balaban J connectivity index is 2.80. The molecule has 1 aromatic heterocycles. The molecule has 0 atom stereocenters. The van der Waals surface area contributed by atoms with E-state index in [1.54, 1.807) is 12.3 Å². The van der Waals surface area contributed by atoms with Gasteiger partial charge < -0.3 is 15.7 Å². The minimum absolute atomic E-state index is 0.136. The summed E-state index contributed by atoms with van der Waals surface area (Å²) in [7, 11) is 0. The fourth-order valence-electron chi connectivity index (χ4n) is 1.48. The lowest BCUT2D eigenvalue weighted by Crippen LogP contribution is -2.27. The van der Waals surface area contributed by atoms with E-state index in [9.17, 15) is 0 Å². The second-order valence-corrected chi connectivity index (χ2v) is 3.92. The highest BCUT2D eigenvalue weighted by atomic mass is 32.1. The van der Waals surface area contributed by atoms with Crippen molar-refractivity contribution < 1.29 is 5.11 Å². The van der Waals surface area contributed by atoms with Crippen LogP contribution in [0.5, 0.6) is 0 Å². The first-order valence-electron chi connectivity index (χ1n) is 5.30. The summed E-state index contributed by atoms with van der Waals surface area (Å²) >= 11 is 4.84. The van der Waals surface area contributed by atoms with Crippen molar-refractivity contribution in [3.63, 3.8) is 0 Å². The summed E-state index contributed by atoms with van der Waals surface area (Å²) in [5, 5.41) is 8.96. The van der Waals surface area contributed by atoms with E-state index in [1.807, 2.05) is 6.07 Å². The Hall–Kier alpha value is -1.20. The molecule has 16 heavy (non-hydrogen) atoms. The van der Waals surface area contributed by atoms with E-state index in [0.717, 1.165) is 18.7 Å². The van der Waals surface area contributed by atoms with Crippen LogP contribution in [0.1, 0.15) is 19.0 Å². The highest BCUT2D eigenvalue weighted by molar-refractivity contribution is 7.80. The van der Waals surface area contributed by atoms with Crippen LogP contribution in [-0.4, -0.2) is 34.8 Å². The average Bonchev–Trinajstić information content (AvgIpc) is 2.29. The van der Waals surface area contributed by atoms with Gasteiger partial charge in [0.2, 0.25) is 0 Å². The van der Waals surface area contributed by atoms with Crippen molar-refractivity contribution in [3.05, 3.63) is 24.0 Å². The van der Waals surface area contributed by atoms with Gasteiger partial charge in [-0.3, -0.25) is 4.98 Å². The molecular weight excluding hydrogens is 222 g/mol. The SMILES string of the molecule is CCCN(CCO)c1ccc(C(N)=S)nc1. The minimum atomic E-state index is 0.136. The van der Waals surface area contributed by atoms with Crippen LogP contribution in [0.25, 0.3) is 0 Å². The zero-order valence-corrected chi connectivity index (χ0v) is 10.2. The summed E-state index contributed by atoms with van der Waals surface area (Å²) < 4.78 is 0. The van der Waals surface area contributed by atoms with Gasteiger partial charge >= 0.3 is 0 Å². The monoisotopic (exact) mass is 239 g/mol. The first-order valence-corrected chi connectivity index (χ1v) is 5.71. The number of hydrogen-bond donors (Lipinski definition) is 2. The van der Waals surface area contributed by atoms with Gasteiger partial charge in [0, 0.05) is 13.1 Å². The molecule has 0 aliphatic heterocycles. The predicted octanol–water partition coefficient (Wildman–Crippen LogP) is 0.925. The van der Waals surface area contributed by atoms with Crippen LogP contribution in [0, 0.1) is 0 Å². The van der Waals surface area contributed by atoms with E-state index < -0.39 is 0 Å². The third-order valence-electron chi connectivity index (χ3n) is 2.23. The van der Waals surface area contributed by atoms with Crippen LogP contribution in [0.2, 0.25) is 0 Å². The fourth-order valence-corrected chi connectivity index (χ4v) is 1.60. The molecule has 0 fully saturated rings. The van der Waals surface area contributed by atoms with E-state index >= 15 is 0 Å². The molecule has 0 aliphatic carbocycles. The van der Waals surface area contributed by atoms with Crippen LogP contribution in [0.4, 0.5) is 5.69 Å². The number of anilines is 1. The summed E-state index contributed by atoms with van der Waals surface area (Å²) in [6, 6.07) is 3.73. The summed E-state index contributed by atoms with van der Waals surface area (Å²) in [4.78, 5) is 6.56. The summed E-state index contributed by atoms with van der Waals surface area (Å²) in [5.41, 5.74) is 7.08. The largest absolute Gasteiger partial charge is 0.395 e. The molecule has 0 bridgehead atoms. The Morgan fingerprint density at radius 3 is 2.69 bits per heavy atom. The maximum atomic E-state index is 8.96. The summed E-state index contributed by atoms with van der Waals surface area (Å²) in [5.74, 6) is 0. The lowest BCUT2D eigenvalue weighted by molar-refractivity contribution is 0.302. The molecule has 3 N–H and O–H groups in total. The smallest absolute Gasteiger partial charge is 0.122 e. The zero-order chi connectivity index (χ0) is 12.0. The van der Waals surface area contributed by atoms with Gasteiger partial charge in [-0.1, -0.05) is 19.1 Å². The third-order valence-corrected chi connectivity index (χ3v) is 2.44. The van der Waals surface area contributed by atoms with Crippen molar-refractivity contribution in [1.29, 1.82) is 0 Å². The second-order valence-electron chi connectivity index (χ2n) is 3.48. The predicted molar refractivity (Wildman–Crippen MR) is 69.7 cm³/mol. The first-order chi connectivity index (χ1) is 7.69. The topological polar surface area (TPSA) is 62.4 Å². The summed E-state index contributed by atoms with van der Waals surface area (Å²) in [6.45, 7) is 3.74. The highest BCUT2D eigenvalue weighted by Crippen LogP contribution is 2.13. The van der Waals surface area contributed by atoms with Crippen molar-refractivity contribution in [2.24, 2.45) is 5.73 Å². The maximum absolute atomic E-state index is 8.96. The molecule has 0 unspecified atom stereocenters. The molecule has 4 nitrogen and oxygen atoms in total. The Kier molecular flexibility index (Phi) is 5.14. The van der Waals surface area contributed by atoms with E-state index in [2.05, 4.69) is 16.8 Å². The van der Waals surface area contributed by atoms with Crippen molar-refractivity contribution in [1.82, 2.24) is 4.98 Å². The Labute approximate surface area is 101 Å². The van der Waals surface area contributed by atoms with Gasteiger partial charge in [0.15, 0.2) is 0 Å². The molecule has 0 aliphatic rings. The number of hydrogen-bond acceptors (Lipinski definition) is 4. The molecule has 0 saturated carbocycles. The van der Waals surface area contributed by atoms with E-state index in [0.29, 0.717) is 17.2 Å². The molecule has 88 valence electrons. The van der Waals surface area contributed by atoms with Crippen molar-refractivity contribution in [3.8, 4) is 0 Å². The van der Waals surface area contributed by atoms with Crippen LogP contribution >= 0.6 is 12.2 Å². The van der Waals surface area contributed by atoms with Crippen LogP contribution in [0.3, 0.4) is 0 Å². The van der Waals surface area contributed by atoms with E-state index in [-0.39, 0.29) is 6.61 Å². The lowest BCUT2D eigenvalue weighted by Gasteiger charge is -2.22. The molecule has 0 spiro atoms. The molecule has 1 aromatic rings. The van der Waals surface area contributed by atoms with Crippen molar-refractivity contribution >= 4 is 22.9 Å². The number of thiocarbonyl (C=S) groups is 1. The molecule has 0 radical (unpaired) electrons. The molecule has 0 aromatic carbocycles. The number of aliphatic hydroxyl groups is 1. The minimum Gasteiger partial charge on any atom is -0.395 e. The Morgan fingerprint density at radius 2 is 2.25 bits per heavy atom. The van der Waals surface area contributed by atoms with Gasteiger partial charge in [0.25, 0.3) is 0 Å². The Bertz CT molecular complexity index is 334. The van der Waals surface area contributed by atoms with Gasteiger partial charge in [-0.25, -0.2) is 0 Å². The molecule has 1 heterocycles. The average molecular weight is 239 g/mol. The summed E-state index contributed by atoms with van der Waals surface area (Å²) in [6.07, 6.45) is 2.76. The number of aromatic nitrogens is 1. The van der Waals surface area contributed by atoms with Gasteiger partial charge in [-0.15, -0.1) is 0 Å². The normalized spacial score (nSPS) is 10.1. The number of nitrogens with zero attached hydrogens (tertiary/aromatic N) is 2. The van der Waals surface area contributed by atoms with Crippen LogP contribution in [0.15, 0.2) is 18.3 Å². The quantitative estimate of drug-likeness (QED) is 0.723. The third kappa shape index (κ3) is 3.43. The number of rotatable bonds is 6. The molecule has 5 heteroatoms. The van der Waals surface area contributed by atoms with Crippen molar-refractivity contribution in [2.45, 2.75) is 13.3 Å². The molecular formula is C11H17N3OS. The number of aliphatic hydroxyl groups excluding tert-OH is 1. The molecule has 0 amide bonds. The van der Waals surface area contributed by atoms with Gasteiger partial charge in [0.05, 0.1) is 24.2 Å². The van der Waals surface area contributed by atoms with Crippen LogP contribution in [-0.2, 0) is 0 Å². The fraction of sp³-hybridized carbons (Fsp3) is 0.455. The first kappa shape index (κ1) is 12.9. The number of nitrogens with two attached hydrogens (primary N) is 1. The highest BCUT2D eigenvalue weighted by Gasteiger charge is 2.05. The number of pyridine rings is 1. The van der Waals surface area contributed by atoms with Gasteiger partial charge in [-0.05, 0) is 18.6 Å². The molecule has 1 rings (SSSR count). The second kappa shape index (κ2) is 6.40. The maximum Gasteiger partial charge on any atom is 0.122 e. The van der Waals surface area contributed by atoms with Crippen LogP contribution < -0.4 is 10.6 Å². The van der Waals surface area contributed by atoms with Gasteiger partial charge in [0.1, 0.15) is 4.99 Å². The van der Waals surface area contributed by atoms with E-state index in [4.69, 9.17) is 23.1 Å². The van der Waals surface area contributed by atoms with E-state index in [1.165, 1.54) is 0 Å². The van der Waals surface area contributed by atoms with Gasteiger partial charge in [-0.2, -0.15) is 0 Å².